The van der Waals surface area contributed by atoms with Crippen LogP contribution in [0.5, 0.6) is 0 Å². The Balaban J connectivity index is 1.53. The number of aliphatic carboxylic acids is 1. The molecule has 0 spiro atoms. The van der Waals surface area contributed by atoms with Crippen LogP contribution in [0, 0.1) is 0 Å². The Morgan fingerprint density at radius 1 is 1.24 bits per heavy atom. The molecule has 0 fully saturated rings. The minimum atomic E-state index is -0.864. The molecule has 1 unspecified atom stereocenters. The van der Waals surface area contributed by atoms with Crippen LogP contribution in [0.1, 0.15) is 34.1 Å². The summed E-state index contributed by atoms with van der Waals surface area (Å²) in [6, 6.07) is 7.73. The summed E-state index contributed by atoms with van der Waals surface area (Å²) in [6.45, 7) is 1.30. The van der Waals surface area contributed by atoms with E-state index in [0.29, 0.717) is 19.6 Å². The molecule has 1 amide bonds. The molecule has 1 aromatic heterocycles. The number of amides is 1. The maximum absolute atomic E-state index is 12.9. The van der Waals surface area contributed by atoms with Crippen LogP contribution in [0.3, 0.4) is 0 Å². The molecule has 0 saturated heterocycles. The number of carboxylic acids is 1. The molecule has 0 bridgehead atoms. The van der Waals surface area contributed by atoms with E-state index in [0.717, 1.165) is 29.7 Å². The maximum Gasteiger partial charge on any atom is 0.307 e. The van der Waals surface area contributed by atoms with Gasteiger partial charge in [0.05, 0.1) is 19.4 Å². The van der Waals surface area contributed by atoms with Gasteiger partial charge in [0, 0.05) is 17.1 Å². The Bertz CT molecular complexity index is 829. The minimum absolute atomic E-state index is 0.0282. The first kappa shape index (κ1) is 16.3. The van der Waals surface area contributed by atoms with Crippen LogP contribution in [0.2, 0.25) is 0 Å². The van der Waals surface area contributed by atoms with Crippen molar-refractivity contribution in [3.63, 3.8) is 0 Å². The first-order valence-electron chi connectivity index (χ1n) is 8.43. The summed E-state index contributed by atoms with van der Waals surface area (Å²) in [5.74, 6) is -0.825. The number of rotatable bonds is 4. The van der Waals surface area contributed by atoms with Crippen LogP contribution >= 0.6 is 11.3 Å². The van der Waals surface area contributed by atoms with Gasteiger partial charge < -0.3 is 14.7 Å². The average molecular weight is 357 g/mol. The van der Waals surface area contributed by atoms with Crippen molar-refractivity contribution in [1.29, 1.82) is 0 Å². The molecule has 4 rings (SSSR count). The lowest BCUT2D eigenvalue weighted by molar-refractivity contribution is -0.136. The molecule has 1 N–H and O–H groups in total. The van der Waals surface area contributed by atoms with Crippen molar-refractivity contribution in [1.82, 2.24) is 0 Å². The maximum atomic E-state index is 12.9. The molecular formula is C19H19NO4S. The number of carbonyl (C=O) groups excluding carboxylic acids is 1. The summed E-state index contributed by atoms with van der Waals surface area (Å²) >= 11 is 1.65. The second-order valence-corrected chi connectivity index (χ2v) is 7.40. The Hall–Kier alpha value is -2.18. The molecule has 1 aromatic carbocycles. The zero-order valence-electron chi connectivity index (χ0n) is 13.7. The third-order valence-electron chi connectivity index (χ3n) is 4.83. The van der Waals surface area contributed by atoms with Crippen LogP contribution < -0.4 is 4.90 Å². The standard InChI is InChI=1S/C19H19NO4S/c21-17(11-16-19-14(4-7-24-16)5-8-25-19)20-6-3-13-2-1-12(9-15(13)20)10-18(22)23/h1-2,5,8-9,16H,3-4,6-7,10-11H2,(H,22,23). The van der Waals surface area contributed by atoms with E-state index in [1.54, 1.807) is 16.2 Å². The number of carboxylic acid groups (broad SMARTS) is 1. The fourth-order valence-electron chi connectivity index (χ4n) is 3.61. The van der Waals surface area contributed by atoms with Crippen molar-refractivity contribution >= 4 is 28.9 Å². The number of carbonyl (C=O) groups is 2. The fourth-order valence-corrected chi connectivity index (χ4v) is 4.62. The van der Waals surface area contributed by atoms with E-state index in [1.165, 1.54) is 10.4 Å². The molecule has 2 aliphatic heterocycles. The van der Waals surface area contributed by atoms with Gasteiger partial charge in [-0.3, -0.25) is 9.59 Å². The molecule has 0 saturated carbocycles. The molecular weight excluding hydrogens is 338 g/mol. The highest BCUT2D eigenvalue weighted by atomic mass is 32.1. The van der Waals surface area contributed by atoms with E-state index in [1.807, 2.05) is 18.2 Å². The van der Waals surface area contributed by atoms with E-state index >= 15 is 0 Å². The van der Waals surface area contributed by atoms with Crippen molar-refractivity contribution in [2.45, 2.75) is 31.8 Å². The third-order valence-corrected chi connectivity index (χ3v) is 5.88. The number of thiophene rings is 1. The van der Waals surface area contributed by atoms with Gasteiger partial charge in [0.25, 0.3) is 0 Å². The second-order valence-electron chi connectivity index (χ2n) is 6.45. The monoisotopic (exact) mass is 357 g/mol. The number of benzene rings is 1. The quantitative estimate of drug-likeness (QED) is 0.914. The molecule has 130 valence electrons. The molecule has 2 aliphatic rings. The van der Waals surface area contributed by atoms with Crippen molar-refractivity contribution in [3.05, 3.63) is 51.2 Å². The van der Waals surface area contributed by atoms with Gasteiger partial charge in [-0.2, -0.15) is 0 Å². The second kappa shape index (κ2) is 6.61. The van der Waals surface area contributed by atoms with Gasteiger partial charge in [-0.15, -0.1) is 11.3 Å². The lowest BCUT2D eigenvalue weighted by Gasteiger charge is -2.25. The summed E-state index contributed by atoms with van der Waals surface area (Å²) in [6.07, 6.45) is 1.86. The highest BCUT2D eigenvalue weighted by Crippen LogP contribution is 2.36. The number of hydrogen-bond donors (Lipinski definition) is 1. The predicted octanol–water partition coefficient (Wildman–Crippen LogP) is 2.97. The summed E-state index contributed by atoms with van der Waals surface area (Å²) in [7, 11) is 0. The lowest BCUT2D eigenvalue weighted by Crippen LogP contribution is -2.31. The SMILES string of the molecule is O=C(O)Cc1ccc2c(c1)N(C(=O)CC1OCCc3ccsc31)CC2. The van der Waals surface area contributed by atoms with Crippen molar-refractivity contribution < 1.29 is 19.4 Å². The minimum Gasteiger partial charge on any atom is -0.481 e. The van der Waals surface area contributed by atoms with Gasteiger partial charge in [0.15, 0.2) is 0 Å². The number of ether oxygens (including phenoxy) is 1. The lowest BCUT2D eigenvalue weighted by atomic mass is 10.0. The van der Waals surface area contributed by atoms with E-state index in [9.17, 15) is 9.59 Å². The molecule has 0 aliphatic carbocycles. The van der Waals surface area contributed by atoms with Crippen LogP contribution in [-0.2, 0) is 33.6 Å². The zero-order valence-corrected chi connectivity index (χ0v) is 14.6. The highest BCUT2D eigenvalue weighted by molar-refractivity contribution is 7.10. The average Bonchev–Trinajstić information content (AvgIpc) is 3.20. The number of fused-ring (bicyclic) bond motifs is 2. The van der Waals surface area contributed by atoms with Gasteiger partial charge >= 0.3 is 5.97 Å². The van der Waals surface area contributed by atoms with E-state index in [2.05, 4.69) is 11.4 Å². The topological polar surface area (TPSA) is 66.8 Å². The Morgan fingerprint density at radius 3 is 2.96 bits per heavy atom. The van der Waals surface area contributed by atoms with Crippen LogP contribution in [0.4, 0.5) is 5.69 Å². The highest BCUT2D eigenvalue weighted by Gasteiger charge is 2.30. The van der Waals surface area contributed by atoms with Crippen molar-refractivity contribution in [3.8, 4) is 0 Å². The van der Waals surface area contributed by atoms with E-state index in [-0.39, 0.29) is 18.4 Å². The summed E-state index contributed by atoms with van der Waals surface area (Å²) in [4.78, 5) is 26.8. The largest absolute Gasteiger partial charge is 0.481 e. The van der Waals surface area contributed by atoms with Crippen LogP contribution in [0.15, 0.2) is 29.6 Å². The summed E-state index contributed by atoms with van der Waals surface area (Å²) in [5, 5.41) is 11.0. The Morgan fingerprint density at radius 2 is 2.12 bits per heavy atom. The Labute approximate surface area is 149 Å². The van der Waals surface area contributed by atoms with E-state index < -0.39 is 5.97 Å². The third kappa shape index (κ3) is 3.19. The summed E-state index contributed by atoms with van der Waals surface area (Å²) < 4.78 is 5.84. The molecule has 6 heteroatoms. The van der Waals surface area contributed by atoms with Crippen molar-refractivity contribution in [2.24, 2.45) is 0 Å². The smallest absolute Gasteiger partial charge is 0.307 e. The first-order chi connectivity index (χ1) is 12.1. The fraction of sp³-hybridized carbons (Fsp3) is 0.368. The zero-order chi connectivity index (χ0) is 17.4. The van der Waals surface area contributed by atoms with Crippen LogP contribution in [0.25, 0.3) is 0 Å². The van der Waals surface area contributed by atoms with E-state index in [4.69, 9.17) is 9.84 Å². The Kier molecular flexibility index (Phi) is 4.31. The first-order valence-corrected chi connectivity index (χ1v) is 9.31. The molecule has 0 radical (unpaired) electrons. The van der Waals surface area contributed by atoms with Crippen LogP contribution in [-0.4, -0.2) is 30.1 Å². The number of anilines is 1. The number of nitrogens with zero attached hydrogens (tertiary/aromatic N) is 1. The van der Waals surface area contributed by atoms with Gasteiger partial charge in [0.2, 0.25) is 5.91 Å². The van der Waals surface area contributed by atoms with Gasteiger partial charge in [-0.1, -0.05) is 12.1 Å². The molecule has 5 nitrogen and oxygen atoms in total. The van der Waals surface area contributed by atoms with Gasteiger partial charge in [0.1, 0.15) is 6.10 Å². The molecule has 3 heterocycles. The molecule has 1 atom stereocenters. The van der Waals surface area contributed by atoms with Gasteiger partial charge in [-0.25, -0.2) is 0 Å². The van der Waals surface area contributed by atoms with Crippen molar-refractivity contribution in [2.75, 3.05) is 18.1 Å². The summed E-state index contributed by atoms with van der Waals surface area (Å²) in [5.41, 5.74) is 3.97. The molecule has 2 aromatic rings. The normalized spacial score (nSPS) is 18.7. The van der Waals surface area contributed by atoms with Gasteiger partial charge in [-0.05, 0) is 47.0 Å². The number of hydrogen-bond acceptors (Lipinski definition) is 4. The molecule has 25 heavy (non-hydrogen) atoms. The predicted molar refractivity (Wildman–Crippen MR) is 95.2 cm³/mol.